The minimum atomic E-state index is -0.863. The maximum absolute atomic E-state index is 13.1. The molecule has 30 heavy (non-hydrogen) atoms. The van der Waals surface area contributed by atoms with E-state index < -0.39 is 23.4 Å². The van der Waals surface area contributed by atoms with Gasteiger partial charge in [0, 0.05) is 17.8 Å². The summed E-state index contributed by atoms with van der Waals surface area (Å²) in [4.78, 5) is 24.7. The van der Waals surface area contributed by atoms with Gasteiger partial charge in [0.2, 0.25) is 5.88 Å². The number of benzene rings is 2. The topological polar surface area (TPSA) is 82.5 Å². The first-order valence-electron chi connectivity index (χ1n) is 9.08. The molecule has 0 bridgehead atoms. The first kappa shape index (κ1) is 21.3. The van der Waals surface area contributed by atoms with Crippen LogP contribution in [0.25, 0.3) is 5.69 Å². The summed E-state index contributed by atoms with van der Waals surface area (Å²) in [6, 6.07) is 12.8. The van der Waals surface area contributed by atoms with Crippen molar-refractivity contribution in [2.24, 2.45) is 0 Å². The van der Waals surface area contributed by atoms with E-state index >= 15 is 0 Å². The largest absolute Gasteiger partial charge is 0.495 e. The summed E-state index contributed by atoms with van der Waals surface area (Å²) in [6.45, 7) is 1.78. The Morgan fingerprint density at radius 3 is 2.57 bits per heavy atom. The van der Waals surface area contributed by atoms with Crippen molar-refractivity contribution in [1.29, 1.82) is 0 Å². The van der Waals surface area contributed by atoms with Gasteiger partial charge in [0.05, 0.1) is 17.8 Å². The summed E-state index contributed by atoms with van der Waals surface area (Å²) in [7, 11) is 1.50. The van der Waals surface area contributed by atoms with Gasteiger partial charge in [-0.3, -0.25) is 9.59 Å². The number of rotatable bonds is 7. The van der Waals surface area contributed by atoms with Crippen molar-refractivity contribution in [3.63, 3.8) is 0 Å². The zero-order chi connectivity index (χ0) is 21.7. The van der Waals surface area contributed by atoms with Crippen LogP contribution in [-0.2, 0) is 4.79 Å². The van der Waals surface area contributed by atoms with Crippen LogP contribution in [0.15, 0.2) is 59.4 Å². The molecule has 0 saturated heterocycles. The van der Waals surface area contributed by atoms with Gasteiger partial charge in [-0.1, -0.05) is 18.5 Å². The number of methoxy groups -OCH3 is 1. The fraction of sp³-hybridized carbons (Fsp3) is 0.190. The summed E-state index contributed by atoms with van der Waals surface area (Å²) in [5.41, 5.74) is 0.439. The number of hydrogen-bond donors (Lipinski definition) is 1. The second-order valence-electron chi connectivity index (χ2n) is 6.25. The Hall–Kier alpha value is -3.39. The highest BCUT2D eigenvalue weighted by Crippen LogP contribution is 2.27. The molecule has 3 rings (SSSR count). The summed E-state index contributed by atoms with van der Waals surface area (Å²) >= 11 is 6.08. The second kappa shape index (κ2) is 9.41. The maximum atomic E-state index is 13.1. The van der Waals surface area contributed by atoms with Gasteiger partial charge in [0.1, 0.15) is 11.6 Å². The Balaban J connectivity index is 1.77. The number of nitrogens with one attached hydrogen (secondary N) is 1. The van der Waals surface area contributed by atoms with E-state index in [1.54, 1.807) is 25.1 Å². The summed E-state index contributed by atoms with van der Waals surface area (Å²) < 4.78 is 25.0. The van der Waals surface area contributed by atoms with Crippen LogP contribution in [0, 0.1) is 5.82 Å². The molecular formula is C21H19ClFN3O4. The quantitative estimate of drug-likeness (QED) is 0.614. The van der Waals surface area contributed by atoms with Crippen molar-refractivity contribution in [1.82, 2.24) is 9.78 Å². The molecule has 1 amide bonds. The Labute approximate surface area is 177 Å². The molecular weight excluding hydrogens is 413 g/mol. The van der Waals surface area contributed by atoms with Crippen LogP contribution in [0.3, 0.4) is 0 Å². The van der Waals surface area contributed by atoms with E-state index in [2.05, 4.69) is 10.4 Å². The van der Waals surface area contributed by atoms with Gasteiger partial charge in [0.25, 0.3) is 11.5 Å². The standard InChI is InChI=1S/C21H19ClFN3O4/c1-3-17(21(28)24-14-6-9-18(29-2)16(22)12-14)30-19-10-11-20(27)26(25-19)15-7-4-13(23)5-8-15/h4-12,17H,3H2,1-2H3,(H,24,28). The van der Waals surface area contributed by atoms with Crippen LogP contribution in [0.4, 0.5) is 10.1 Å². The lowest BCUT2D eigenvalue weighted by Crippen LogP contribution is -2.33. The highest BCUT2D eigenvalue weighted by molar-refractivity contribution is 6.32. The van der Waals surface area contributed by atoms with E-state index in [1.165, 1.54) is 43.5 Å². The number of anilines is 1. The lowest BCUT2D eigenvalue weighted by Gasteiger charge is -2.17. The zero-order valence-corrected chi connectivity index (χ0v) is 17.0. The summed E-state index contributed by atoms with van der Waals surface area (Å²) in [5.74, 6) is -0.264. The summed E-state index contributed by atoms with van der Waals surface area (Å²) in [6.07, 6.45) is -0.509. The molecule has 1 unspecified atom stereocenters. The SMILES string of the molecule is CCC(Oc1ccc(=O)n(-c2ccc(F)cc2)n1)C(=O)Nc1ccc(OC)c(Cl)c1. The van der Waals surface area contributed by atoms with Crippen molar-refractivity contribution >= 4 is 23.2 Å². The Kier molecular flexibility index (Phi) is 6.68. The van der Waals surface area contributed by atoms with E-state index in [9.17, 15) is 14.0 Å². The molecule has 0 spiro atoms. The molecule has 1 atom stereocenters. The van der Waals surface area contributed by atoms with Crippen molar-refractivity contribution in [2.75, 3.05) is 12.4 Å². The predicted octanol–water partition coefficient (Wildman–Crippen LogP) is 3.83. The van der Waals surface area contributed by atoms with Crippen molar-refractivity contribution < 1.29 is 18.7 Å². The molecule has 1 N–H and O–H groups in total. The lowest BCUT2D eigenvalue weighted by molar-refractivity contribution is -0.123. The highest BCUT2D eigenvalue weighted by atomic mass is 35.5. The number of amides is 1. The number of halogens is 2. The zero-order valence-electron chi connectivity index (χ0n) is 16.3. The predicted molar refractivity (Wildman–Crippen MR) is 111 cm³/mol. The third-order valence-corrected chi connectivity index (χ3v) is 4.49. The number of hydrogen-bond acceptors (Lipinski definition) is 5. The van der Waals surface area contributed by atoms with Gasteiger partial charge in [-0.15, -0.1) is 5.10 Å². The minimum absolute atomic E-state index is 0.0775. The molecule has 156 valence electrons. The highest BCUT2D eigenvalue weighted by Gasteiger charge is 2.20. The van der Waals surface area contributed by atoms with E-state index in [1.807, 2.05) is 0 Å². The maximum Gasteiger partial charge on any atom is 0.271 e. The van der Waals surface area contributed by atoms with Gasteiger partial charge in [-0.25, -0.2) is 4.39 Å². The van der Waals surface area contributed by atoms with Gasteiger partial charge >= 0.3 is 0 Å². The van der Waals surface area contributed by atoms with Gasteiger partial charge < -0.3 is 14.8 Å². The molecule has 7 nitrogen and oxygen atoms in total. The van der Waals surface area contributed by atoms with Crippen LogP contribution in [0.1, 0.15) is 13.3 Å². The average molecular weight is 432 g/mol. The molecule has 2 aromatic carbocycles. The Morgan fingerprint density at radius 1 is 1.20 bits per heavy atom. The molecule has 0 aliphatic heterocycles. The fourth-order valence-corrected chi connectivity index (χ4v) is 2.92. The van der Waals surface area contributed by atoms with Crippen molar-refractivity contribution in [2.45, 2.75) is 19.4 Å². The van der Waals surface area contributed by atoms with Crippen molar-refractivity contribution in [3.8, 4) is 17.3 Å². The number of nitrogens with zero attached hydrogens (tertiary/aromatic N) is 2. The average Bonchev–Trinajstić information content (AvgIpc) is 2.74. The number of carbonyl (C=O) groups is 1. The van der Waals surface area contributed by atoms with Gasteiger partial charge in [-0.2, -0.15) is 4.68 Å². The molecule has 3 aromatic rings. The normalized spacial score (nSPS) is 11.6. The van der Waals surface area contributed by atoms with E-state index in [-0.39, 0.29) is 5.88 Å². The van der Waals surface area contributed by atoms with Crippen LogP contribution in [0.2, 0.25) is 5.02 Å². The first-order chi connectivity index (χ1) is 14.4. The Bertz CT molecular complexity index is 1100. The fourth-order valence-electron chi connectivity index (χ4n) is 2.66. The second-order valence-corrected chi connectivity index (χ2v) is 6.66. The molecule has 1 aromatic heterocycles. The van der Waals surface area contributed by atoms with Crippen molar-refractivity contribution in [3.05, 3.63) is 75.8 Å². The van der Waals surface area contributed by atoms with Crippen LogP contribution < -0.4 is 20.3 Å². The lowest BCUT2D eigenvalue weighted by atomic mass is 10.2. The van der Waals surface area contributed by atoms with Gasteiger partial charge in [0.15, 0.2) is 6.10 Å². The van der Waals surface area contributed by atoms with E-state index in [0.717, 1.165) is 4.68 Å². The Morgan fingerprint density at radius 2 is 1.93 bits per heavy atom. The molecule has 1 heterocycles. The van der Waals surface area contributed by atoms with E-state index in [0.29, 0.717) is 28.6 Å². The number of carbonyl (C=O) groups excluding carboxylic acids is 1. The number of aromatic nitrogens is 2. The smallest absolute Gasteiger partial charge is 0.271 e. The summed E-state index contributed by atoms with van der Waals surface area (Å²) in [5, 5.41) is 7.21. The molecule has 0 aliphatic carbocycles. The molecule has 0 aliphatic rings. The third kappa shape index (κ3) is 4.96. The molecule has 0 radical (unpaired) electrons. The minimum Gasteiger partial charge on any atom is -0.495 e. The first-order valence-corrected chi connectivity index (χ1v) is 9.46. The molecule has 9 heteroatoms. The number of ether oxygens (including phenoxy) is 2. The van der Waals surface area contributed by atoms with Crippen LogP contribution >= 0.6 is 11.6 Å². The molecule has 0 saturated carbocycles. The molecule has 0 fully saturated rings. The van der Waals surface area contributed by atoms with Crippen LogP contribution in [-0.4, -0.2) is 28.9 Å². The van der Waals surface area contributed by atoms with Crippen LogP contribution in [0.5, 0.6) is 11.6 Å². The monoisotopic (exact) mass is 431 g/mol. The van der Waals surface area contributed by atoms with Gasteiger partial charge in [-0.05, 0) is 48.9 Å². The van der Waals surface area contributed by atoms with E-state index in [4.69, 9.17) is 21.1 Å². The third-order valence-electron chi connectivity index (χ3n) is 4.19.